The molecule has 154 valence electrons. The first-order valence-corrected chi connectivity index (χ1v) is 10.3. The van der Waals surface area contributed by atoms with E-state index in [-0.39, 0.29) is 12.0 Å². The van der Waals surface area contributed by atoms with Gasteiger partial charge in [0.05, 0.1) is 11.8 Å². The summed E-state index contributed by atoms with van der Waals surface area (Å²) in [5.41, 5.74) is 4.47. The summed E-state index contributed by atoms with van der Waals surface area (Å²) < 4.78 is 7.73. The Morgan fingerprint density at radius 1 is 1.17 bits per heavy atom. The number of aryl methyl sites for hydroxylation is 1. The van der Waals surface area contributed by atoms with E-state index in [1.165, 1.54) is 0 Å². The largest absolute Gasteiger partial charge is 0.471 e. The highest BCUT2D eigenvalue weighted by atomic mass is 16.5. The molecule has 2 aliphatic rings. The van der Waals surface area contributed by atoms with E-state index >= 15 is 0 Å². The average Bonchev–Trinajstić information content (AvgIpc) is 3.44. The van der Waals surface area contributed by atoms with Crippen molar-refractivity contribution in [2.75, 3.05) is 0 Å². The highest BCUT2D eigenvalue weighted by molar-refractivity contribution is 6.00. The number of aliphatic hydroxyl groups excluding tert-OH is 1. The van der Waals surface area contributed by atoms with Gasteiger partial charge in [-0.05, 0) is 42.5 Å². The van der Waals surface area contributed by atoms with E-state index in [4.69, 9.17) is 4.74 Å². The van der Waals surface area contributed by atoms with Gasteiger partial charge in [0.15, 0.2) is 0 Å². The van der Waals surface area contributed by atoms with Crippen molar-refractivity contribution in [1.82, 2.24) is 19.7 Å². The standard InChI is InChI=1S/C23H24N4O3/c1-26-12-10-18(25-26)16-7-5-15(6-8-16)13-27-14-17-9-11-24-22(21(17)23(27)29)30-20-4-2-3-19(20)28/h5-12,19-20,28H,2-4,13-14H2,1H3/t19-,20-/m1/s1. The molecule has 3 heterocycles. The summed E-state index contributed by atoms with van der Waals surface area (Å²) >= 11 is 0. The molecule has 0 radical (unpaired) electrons. The minimum atomic E-state index is -0.493. The number of carbonyl (C=O) groups excluding carboxylic acids is 1. The van der Waals surface area contributed by atoms with Gasteiger partial charge in [-0.1, -0.05) is 24.3 Å². The predicted molar refractivity (Wildman–Crippen MR) is 111 cm³/mol. The Morgan fingerprint density at radius 3 is 2.70 bits per heavy atom. The van der Waals surface area contributed by atoms with Crippen molar-refractivity contribution in [1.29, 1.82) is 0 Å². The minimum Gasteiger partial charge on any atom is -0.471 e. The van der Waals surface area contributed by atoms with Crippen LogP contribution in [0.25, 0.3) is 11.3 Å². The molecule has 0 unspecified atom stereocenters. The van der Waals surface area contributed by atoms with Gasteiger partial charge in [0.2, 0.25) is 5.88 Å². The molecular formula is C23H24N4O3. The van der Waals surface area contributed by atoms with Crippen LogP contribution in [0.4, 0.5) is 0 Å². The van der Waals surface area contributed by atoms with Crippen LogP contribution in [0, 0.1) is 0 Å². The van der Waals surface area contributed by atoms with Crippen molar-refractivity contribution < 1.29 is 14.6 Å². The lowest BCUT2D eigenvalue weighted by molar-refractivity contribution is 0.0553. The molecule has 0 spiro atoms. The van der Waals surface area contributed by atoms with Gasteiger partial charge in [-0.25, -0.2) is 4.98 Å². The van der Waals surface area contributed by atoms with E-state index in [0.29, 0.717) is 24.5 Å². The van der Waals surface area contributed by atoms with Gasteiger partial charge in [-0.2, -0.15) is 5.10 Å². The first kappa shape index (κ1) is 18.8. The third-order valence-electron chi connectivity index (χ3n) is 5.88. The number of ether oxygens (including phenoxy) is 1. The summed E-state index contributed by atoms with van der Waals surface area (Å²) in [6.45, 7) is 1.05. The first-order chi connectivity index (χ1) is 14.6. The highest BCUT2D eigenvalue weighted by Crippen LogP contribution is 2.33. The number of hydrogen-bond acceptors (Lipinski definition) is 5. The third kappa shape index (κ3) is 3.45. The molecule has 3 aromatic rings. The monoisotopic (exact) mass is 404 g/mol. The summed E-state index contributed by atoms with van der Waals surface area (Å²) in [4.78, 5) is 19.2. The summed E-state index contributed by atoms with van der Waals surface area (Å²) in [5.74, 6) is 0.269. The fourth-order valence-electron chi connectivity index (χ4n) is 4.25. The molecule has 1 fully saturated rings. The Hall–Kier alpha value is -3.19. The summed E-state index contributed by atoms with van der Waals surface area (Å²) in [6.07, 6.45) is 5.25. The second-order valence-corrected chi connectivity index (χ2v) is 8.04. The van der Waals surface area contributed by atoms with E-state index in [0.717, 1.165) is 41.6 Å². The van der Waals surface area contributed by atoms with Gasteiger partial charge in [-0.15, -0.1) is 0 Å². The third-order valence-corrected chi connectivity index (χ3v) is 5.88. The number of aliphatic hydroxyl groups is 1. The average molecular weight is 404 g/mol. The minimum absolute atomic E-state index is 0.0746. The van der Waals surface area contributed by atoms with Gasteiger partial charge in [0, 0.05) is 38.1 Å². The smallest absolute Gasteiger partial charge is 0.260 e. The van der Waals surface area contributed by atoms with E-state index in [9.17, 15) is 9.90 Å². The molecule has 2 atom stereocenters. The molecule has 1 N–H and O–H groups in total. The van der Waals surface area contributed by atoms with Gasteiger partial charge < -0.3 is 14.7 Å². The normalized spacial score (nSPS) is 20.6. The van der Waals surface area contributed by atoms with Crippen LogP contribution in [0.3, 0.4) is 0 Å². The molecule has 0 saturated heterocycles. The Labute approximate surface area is 174 Å². The van der Waals surface area contributed by atoms with Crippen LogP contribution in [0.2, 0.25) is 0 Å². The van der Waals surface area contributed by atoms with Gasteiger partial charge in [0.25, 0.3) is 5.91 Å². The number of nitrogens with zero attached hydrogens (tertiary/aromatic N) is 4. The number of carbonyl (C=O) groups is 1. The van der Waals surface area contributed by atoms with E-state index in [2.05, 4.69) is 10.1 Å². The van der Waals surface area contributed by atoms with Gasteiger partial charge in [-0.3, -0.25) is 9.48 Å². The Bertz CT molecular complexity index is 1080. The number of pyridine rings is 1. The van der Waals surface area contributed by atoms with E-state index in [1.54, 1.807) is 15.8 Å². The molecule has 7 heteroatoms. The van der Waals surface area contributed by atoms with Gasteiger partial charge in [0.1, 0.15) is 11.7 Å². The molecule has 1 aliphatic carbocycles. The molecule has 1 saturated carbocycles. The molecule has 1 aliphatic heterocycles. The number of rotatable bonds is 5. The number of fused-ring (bicyclic) bond motifs is 1. The number of aromatic nitrogens is 3. The fraction of sp³-hybridized carbons (Fsp3) is 0.348. The molecule has 30 heavy (non-hydrogen) atoms. The number of amides is 1. The molecule has 1 aromatic carbocycles. The SMILES string of the molecule is Cn1ccc(-c2ccc(CN3Cc4ccnc(O[C@@H]5CCC[C@H]5O)c4C3=O)cc2)n1. The topological polar surface area (TPSA) is 80.5 Å². The zero-order valence-corrected chi connectivity index (χ0v) is 16.9. The van der Waals surface area contributed by atoms with Crippen molar-refractivity contribution in [2.24, 2.45) is 7.05 Å². The van der Waals surface area contributed by atoms with Crippen molar-refractivity contribution in [3.05, 3.63) is 65.5 Å². The maximum atomic E-state index is 13.1. The van der Waals surface area contributed by atoms with E-state index in [1.807, 2.05) is 49.6 Å². The van der Waals surface area contributed by atoms with E-state index < -0.39 is 6.10 Å². The summed E-state index contributed by atoms with van der Waals surface area (Å²) in [5, 5.41) is 14.5. The highest BCUT2D eigenvalue weighted by Gasteiger charge is 2.34. The Morgan fingerprint density at radius 2 is 2.00 bits per heavy atom. The van der Waals surface area contributed by atoms with Crippen LogP contribution in [-0.2, 0) is 20.1 Å². The van der Waals surface area contributed by atoms with Crippen molar-refractivity contribution >= 4 is 5.91 Å². The second kappa shape index (κ2) is 7.57. The predicted octanol–water partition coefficient (Wildman–Crippen LogP) is 2.93. The molecule has 5 rings (SSSR count). The van der Waals surface area contributed by atoms with Crippen LogP contribution in [0.15, 0.2) is 48.8 Å². The quantitative estimate of drug-likeness (QED) is 0.707. The molecule has 0 bridgehead atoms. The lowest BCUT2D eigenvalue weighted by atomic mass is 10.1. The van der Waals surface area contributed by atoms with Gasteiger partial charge >= 0.3 is 0 Å². The van der Waals surface area contributed by atoms with Crippen molar-refractivity contribution in [3.8, 4) is 17.1 Å². The fourth-order valence-corrected chi connectivity index (χ4v) is 4.25. The first-order valence-electron chi connectivity index (χ1n) is 10.3. The molecule has 2 aromatic heterocycles. The maximum absolute atomic E-state index is 13.1. The molecule has 1 amide bonds. The Kier molecular flexibility index (Phi) is 4.75. The van der Waals surface area contributed by atoms with Crippen LogP contribution in [0.5, 0.6) is 5.88 Å². The zero-order valence-electron chi connectivity index (χ0n) is 16.9. The molecular weight excluding hydrogens is 380 g/mol. The summed E-state index contributed by atoms with van der Waals surface area (Å²) in [7, 11) is 1.90. The lowest BCUT2D eigenvalue weighted by Gasteiger charge is -2.18. The van der Waals surface area contributed by atoms with Crippen LogP contribution in [0.1, 0.15) is 40.7 Å². The number of benzene rings is 1. The van der Waals surface area contributed by atoms with Crippen LogP contribution >= 0.6 is 0 Å². The Balaban J connectivity index is 1.31. The molecule has 7 nitrogen and oxygen atoms in total. The summed E-state index contributed by atoms with van der Waals surface area (Å²) in [6, 6.07) is 12.0. The van der Waals surface area contributed by atoms with Crippen LogP contribution in [-0.4, -0.2) is 42.9 Å². The van der Waals surface area contributed by atoms with Crippen molar-refractivity contribution in [3.63, 3.8) is 0 Å². The van der Waals surface area contributed by atoms with Crippen molar-refractivity contribution in [2.45, 2.75) is 44.6 Å². The maximum Gasteiger partial charge on any atom is 0.260 e. The second-order valence-electron chi connectivity index (χ2n) is 8.04. The number of hydrogen-bond donors (Lipinski definition) is 1. The zero-order chi connectivity index (χ0) is 20.7. The lowest BCUT2D eigenvalue weighted by Crippen LogP contribution is -2.27. The van der Waals surface area contributed by atoms with Crippen LogP contribution < -0.4 is 4.74 Å².